The van der Waals surface area contributed by atoms with Gasteiger partial charge in [-0.15, -0.1) is 0 Å². The first-order valence-electron chi connectivity index (χ1n) is 7.88. The van der Waals surface area contributed by atoms with E-state index in [9.17, 15) is 8.42 Å². The van der Waals surface area contributed by atoms with Crippen molar-refractivity contribution in [1.29, 1.82) is 0 Å². The number of aryl methyl sites for hydroxylation is 1. The van der Waals surface area contributed by atoms with Crippen LogP contribution in [0.2, 0.25) is 0 Å². The number of benzene rings is 1. The zero-order valence-corrected chi connectivity index (χ0v) is 19.9. The zero-order chi connectivity index (χ0) is 18.9. The van der Waals surface area contributed by atoms with Crippen LogP contribution in [0.4, 0.5) is 0 Å². The van der Waals surface area contributed by atoms with Crippen LogP contribution >= 0.6 is 0 Å². The van der Waals surface area contributed by atoms with Crippen molar-refractivity contribution in [3.8, 4) is 11.5 Å². The van der Waals surface area contributed by atoms with Gasteiger partial charge in [-0.2, -0.15) is 0 Å². The van der Waals surface area contributed by atoms with Crippen LogP contribution in [-0.2, 0) is 16.6 Å². The van der Waals surface area contributed by atoms with E-state index in [2.05, 4.69) is 19.7 Å². The number of rotatable bonds is 6. The van der Waals surface area contributed by atoms with Gasteiger partial charge in [0.15, 0.2) is 0 Å². The molecule has 0 fully saturated rings. The predicted molar refractivity (Wildman–Crippen MR) is 98.0 cm³/mol. The van der Waals surface area contributed by atoms with Crippen LogP contribution in [0.3, 0.4) is 0 Å². The molecule has 0 aliphatic rings. The van der Waals surface area contributed by atoms with Crippen LogP contribution < -0.4 is 65.6 Å². The SMILES string of the molecule is COc1ccc2nc(S(=O)(=O)NCc3ncc(C)c(OC)c3C)[nH]c2c1.[H-].[K+]. The van der Waals surface area contributed by atoms with Crippen LogP contribution in [0.25, 0.3) is 11.0 Å². The molecule has 0 radical (unpaired) electrons. The van der Waals surface area contributed by atoms with Gasteiger partial charge in [0, 0.05) is 23.4 Å². The van der Waals surface area contributed by atoms with E-state index >= 15 is 0 Å². The van der Waals surface area contributed by atoms with E-state index in [-0.39, 0.29) is 64.5 Å². The predicted octanol–water partition coefficient (Wildman–Crippen LogP) is -0.813. The van der Waals surface area contributed by atoms with Gasteiger partial charge in [-0.1, -0.05) is 0 Å². The molecule has 0 aliphatic carbocycles. The quantitative estimate of drug-likeness (QED) is 0.509. The number of imidazole rings is 1. The van der Waals surface area contributed by atoms with Crippen LogP contribution in [0.5, 0.6) is 11.5 Å². The number of pyridine rings is 1. The normalized spacial score (nSPS) is 11.3. The van der Waals surface area contributed by atoms with Crippen LogP contribution in [0.15, 0.2) is 29.6 Å². The number of hydrogen-bond acceptors (Lipinski definition) is 6. The van der Waals surface area contributed by atoms with E-state index in [0.29, 0.717) is 28.2 Å². The summed E-state index contributed by atoms with van der Waals surface area (Å²) in [5.41, 5.74) is 3.40. The number of ether oxygens (including phenoxy) is 2. The first kappa shape index (κ1) is 22.3. The third kappa shape index (κ3) is 4.70. The molecule has 8 nitrogen and oxygen atoms in total. The summed E-state index contributed by atoms with van der Waals surface area (Å²) in [6.45, 7) is 3.76. The van der Waals surface area contributed by atoms with Gasteiger partial charge >= 0.3 is 51.4 Å². The Labute approximate surface area is 202 Å². The molecule has 0 bridgehead atoms. The molecule has 0 aliphatic heterocycles. The van der Waals surface area contributed by atoms with Gasteiger partial charge in [0.05, 0.1) is 37.5 Å². The van der Waals surface area contributed by atoms with Gasteiger partial charge < -0.3 is 15.9 Å². The zero-order valence-electron chi connectivity index (χ0n) is 17.0. The van der Waals surface area contributed by atoms with Gasteiger partial charge in [-0.3, -0.25) is 4.98 Å². The van der Waals surface area contributed by atoms with Crippen LogP contribution in [0, 0.1) is 13.8 Å². The molecule has 0 amide bonds. The Hall–Kier alpha value is -1.01. The molecular weight excluding hydrogens is 395 g/mol. The third-order valence-electron chi connectivity index (χ3n) is 4.10. The summed E-state index contributed by atoms with van der Waals surface area (Å²) >= 11 is 0. The summed E-state index contributed by atoms with van der Waals surface area (Å²) in [4.78, 5) is 11.2. The molecule has 3 aromatic rings. The molecule has 3 rings (SSSR count). The van der Waals surface area contributed by atoms with Gasteiger partial charge in [-0.25, -0.2) is 18.1 Å². The van der Waals surface area contributed by atoms with Gasteiger partial charge in [-0.05, 0) is 26.0 Å². The minimum absolute atomic E-state index is 0. The number of nitrogens with one attached hydrogen (secondary N) is 2. The van der Waals surface area contributed by atoms with Gasteiger partial charge in [0.1, 0.15) is 11.5 Å². The summed E-state index contributed by atoms with van der Waals surface area (Å²) in [6, 6.07) is 5.11. The third-order valence-corrected chi connectivity index (χ3v) is 5.33. The molecule has 10 heteroatoms. The Kier molecular flexibility index (Phi) is 7.42. The van der Waals surface area contributed by atoms with E-state index in [1.54, 1.807) is 38.6 Å². The van der Waals surface area contributed by atoms with Crippen molar-refractivity contribution in [2.45, 2.75) is 25.5 Å². The smallest absolute Gasteiger partial charge is 1.00 e. The molecule has 0 spiro atoms. The number of methoxy groups -OCH3 is 2. The van der Waals surface area contributed by atoms with Crippen molar-refractivity contribution in [3.05, 3.63) is 41.2 Å². The molecule has 0 saturated carbocycles. The number of hydrogen-bond donors (Lipinski definition) is 2. The largest absolute Gasteiger partial charge is 1.00 e. The van der Waals surface area contributed by atoms with Crippen molar-refractivity contribution in [3.63, 3.8) is 0 Å². The van der Waals surface area contributed by atoms with Crippen molar-refractivity contribution in [2.24, 2.45) is 0 Å². The maximum atomic E-state index is 12.6. The minimum Gasteiger partial charge on any atom is -1.00 e. The maximum absolute atomic E-state index is 12.6. The second-order valence-electron chi connectivity index (χ2n) is 5.80. The summed E-state index contributed by atoms with van der Waals surface area (Å²) in [5, 5.41) is -0.155. The first-order valence-corrected chi connectivity index (χ1v) is 9.36. The van der Waals surface area contributed by atoms with Crippen molar-refractivity contribution >= 4 is 21.1 Å². The first-order chi connectivity index (χ1) is 12.4. The van der Waals surface area contributed by atoms with E-state index in [1.807, 2.05) is 13.8 Å². The molecule has 1 aromatic carbocycles. The molecule has 2 heterocycles. The molecule has 2 aromatic heterocycles. The van der Waals surface area contributed by atoms with E-state index in [0.717, 1.165) is 11.1 Å². The number of sulfonamides is 1. The summed E-state index contributed by atoms with van der Waals surface area (Å²) in [7, 11) is -0.706. The average molecular weight is 417 g/mol. The second kappa shape index (κ2) is 8.99. The molecule has 2 N–H and O–H groups in total. The molecule has 0 atom stereocenters. The van der Waals surface area contributed by atoms with Crippen molar-refractivity contribution < 1.29 is 70.7 Å². The summed E-state index contributed by atoms with van der Waals surface area (Å²) in [6.07, 6.45) is 1.66. The Morgan fingerprint density at radius 2 is 1.96 bits per heavy atom. The maximum Gasteiger partial charge on any atom is 1.00 e. The fourth-order valence-corrected chi connectivity index (χ4v) is 3.63. The number of aromatic nitrogens is 3. The standard InChI is InChI=1S/C17H20N4O4S.K.H/c1-10-8-18-15(11(2)16(10)25-4)9-19-26(22,23)17-20-13-6-5-12(24-3)7-14(13)21-17;;/h5-8,19H,9H2,1-4H3,(H,20,21);;/q;+1;-1. The van der Waals surface area contributed by atoms with Crippen molar-refractivity contribution in [1.82, 2.24) is 19.7 Å². The average Bonchev–Trinajstić information content (AvgIpc) is 3.05. The number of H-pyrrole nitrogens is 1. The molecule has 0 unspecified atom stereocenters. The Balaban J connectivity index is 0.00000196. The summed E-state index contributed by atoms with van der Waals surface area (Å²) < 4.78 is 38.1. The number of nitrogens with zero attached hydrogens (tertiary/aromatic N) is 2. The Morgan fingerprint density at radius 3 is 2.63 bits per heavy atom. The Bertz CT molecular complexity index is 1070. The van der Waals surface area contributed by atoms with Crippen LogP contribution in [-0.4, -0.2) is 37.6 Å². The number of fused-ring (bicyclic) bond motifs is 1. The Morgan fingerprint density at radius 1 is 1.22 bits per heavy atom. The second-order valence-corrected chi connectivity index (χ2v) is 7.48. The fraction of sp³-hybridized carbons (Fsp3) is 0.294. The van der Waals surface area contributed by atoms with Crippen LogP contribution in [0.1, 0.15) is 18.2 Å². The van der Waals surface area contributed by atoms with Crippen molar-refractivity contribution in [2.75, 3.05) is 14.2 Å². The van der Waals surface area contributed by atoms with E-state index in [4.69, 9.17) is 9.47 Å². The monoisotopic (exact) mass is 416 g/mol. The molecule has 0 saturated heterocycles. The molecule has 140 valence electrons. The molecular formula is C17H21KN4O4S. The molecule has 27 heavy (non-hydrogen) atoms. The van der Waals surface area contributed by atoms with Gasteiger partial charge in [0.25, 0.3) is 10.0 Å². The van der Waals surface area contributed by atoms with E-state index in [1.165, 1.54) is 0 Å². The van der Waals surface area contributed by atoms with Gasteiger partial charge in [0.2, 0.25) is 5.16 Å². The summed E-state index contributed by atoms with van der Waals surface area (Å²) in [5.74, 6) is 1.31. The topological polar surface area (TPSA) is 106 Å². The van der Waals surface area contributed by atoms with E-state index < -0.39 is 10.0 Å². The minimum atomic E-state index is -3.82. The fourth-order valence-electron chi connectivity index (χ4n) is 2.70. The number of aromatic amines is 1.